The van der Waals surface area contributed by atoms with E-state index in [4.69, 9.17) is 0 Å². The monoisotopic (exact) mass is 332 g/mol. The maximum absolute atomic E-state index is 12.8. The Morgan fingerprint density at radius 2 is 1.76 bits per heavy atom. The molecule has 0 aliphatic carbocycles. The molecule has 2 heterocycles. The first-order valence-electron chi connectivity index (χ1n) is 8.45. The van der Waals surface area contributed by atoms with Crippen molar-refractivity contribution in [3.05, 3.63) is 78.6 Å². The largest absolute Gasteiger partial charge is 0.324 e. The molecule has 1 N–H and O–H groups in total. The number of carbonyl (C=O) groups excluding carboxylic acids is 1. The molecule has 1 aliphatic rings. The van der Waals surface area contributed by atoms with E-state index in [1.807, 2.05) is 64.2 Å². The highest BCUT2D eigenvalue weighted by atomic mass is 16.2. The summed E-state index contributed by atoms with van der Waals surface area (Å²) in [6, 6.07) is 20.0. The van der Waals surface area contributed by atoms with Crippen LogP contribution in [0.15, 0.2) is 73.1 Å². The number of hydrogen-bond donors (Lipinski definition) is 1. The van der Waals surface area contributed by atoms with Crippen LogP contribution >= 0.6 is 0 Å². The summed E-state index contributed by atoms with van der Waals surface area (Å²) in [6.07, 6.45) is 3.54. The second-order valence-electron chi connectivity index (χ2n) is 6.37. The van der Waals surface area contributed by atoms with Crippen molar-refractivity contribution < 1.29 is 4.79 Å². The van der Waals surface area contributed by atoms with Gasteiger partial charge >= 0.3 is 6.03 Å². The fourth-order valence-electron chi connectivity index (χ4n) is 3.42. The van der Waals surface area contributed by atoms with E-state index < -0.39 is 0 Å². The van der Waals surface area contributed by atoms with Gasteiger partial charge in [-0.15, -0.1) is 0 Å². The van der Waals surface area contributed by atoms with E-state index in [1.165, 1.54) is 5.56 Å². The van der Waals surface area contributed by atoms with Gasteiger partial charge in [0.05, 0.1) is 6.04 Å². The first kappa shape index (κ1) is 15.4. The molecule has 3 aromatic rings. The van der Waals surface area contributed by atoms with Crippen molar-refractivity contribution in [1.29, 1.82) is 0 Å². The molecular formula is C20H20N4O. The Morgan fingerprint density at radius 3 is 2.44 bits per heavy atom. The smallest absolute Gasteiger partial charge is 0.317 e. The van der Waals surface area contributed by atoms with Crippen LogP contribution in [0.2, 0.25) is 0 Å². The van der Waals surface area contributed by atoms with Gasteiger partial charge in [0.15, 0.2) is 0 Å². The molecule has 0 bridgehead atoms. The molecule has 1 aliphatic heterocycles. The molecule has 5 heteroatoms. The summed E-state index contributed by atoms with van der Waals surface area (Å²) in [6.45, 7) is 2.92. The molecule has 5 nitrogen and oxygen atoms in total. The van der Waals surface area contributed by atoms with Gasteiger partial charge in [0.1, 0.15) is 0 Å². The van der Waals surface area contributed by atoms with Crippen LogP contribution < -0.4 is 5.32 Å². The lowest BCUT2D eigenvalue weighted by Crippen LogP contribution is -2.53. The third-order valence-electron chi connectivity index (χ3n) is 4.66. The van der Waals surface area contributed by atoms with Gasteiger partial charge in [-0.25, -0.2) is 9.78 Å². The molecule has 0 saturated carbocycles. The molecule has 2 atom stereocenters. The average Bonchev–Trinajstić information content (AvgIpc) is 3.09. The summed E-state index contributed by atoms with van der Waals surface area (Å²) in [5.41, 5.74) is 2.13. The van der Waals surface area contributed by atoms with Crippen molar-refractivity contribution in [2.75, 3.05) is 11.9 Å². The van der Waals surface area contributed by atoms with Gasteiger partial charge in [-0.2, -0.15) is 0 Å². The van der Waals surface area contributed by atoms with Gasteiger partial charge in [-0.3, -0.25) is 9.88 Å². The Labute approximate surface area is 146 Å². The Balaban J connectivity index is 1.53. The second-order valence-corrected chi connectivity index (χ2v) is 6.37. The van der Waals surface area contributed by atoms with Gasteiger partial charge < -0.3 is 4.90 Å². The lowest BCUT2D eigenvalue weighted by molar-refractivity contribution is 0.0670. The number of para-hydroxylation sites is 1. The molecule has 0 spiro atoms. The average molecular weight is 332 g/mol. The first-order chi connectivity index (χ1) is 12.2. The van der Waals surface area contributed by atoms with Crippen LogP contribution in [0.5, 0.6) is 0 Å². The highest BCUT2D eigenvalue weighted by molar-refractivity contribution is 5.89. The van der Waals surface area contributed by atoms with Crippen molar-refractivity contribution in [2.24, 2.45) is 5.92 Å². The van der Waals surface area contributed by atoms with Crippen molar-refractivity contribution in [3.8, 4) is 5.69 Å². The van der Waals surface area contributed by atoms with Crippen LogP contribution in [-0.2, 0) is 0 Å². The quantitative estimate of drug-likeness (QED) is 0.785. The van der Waals surface area contributed by atoms with Gasteiger partial charge in [0.25, 0.3) is 0 Å². The van der Waals surface area contributed by atoms with Crippen LogP contribution in [-0.4, -0.2) is 27.0 Å². The number of urea groups is 1. The molecule has 126 valence electrons. The molecule has 1 saturated heterocycles. The molecule has 2 aromatic carbocycles. The highest BCUT2D eigenvalue weighted by Crippen LogP contribution is 2.38. The number of rotatable bonds is 3. The molecule has 2 amide bonds. The normalized spacial score (nSPS) is 19.3. The van der Waals surface area contributed by atoms with E-state index in [1.54, 1.807) is 6.20 Å². The number of likely N-dealkylation sites (tertiary alicyclic amines) is 1. The topological polar surface area (TPSA) is 50.2 Å². The maximum atomic E-state index is 12.8. The number of benzene rings is 2. The van der Waals surface area contributed by atoms with Crippen LogP contribution in [0.4, 0.5) is 10.7 Å². The van der Waals surface area contributed by atoms with Crippen LogP contribution in [0.25, 0.3) is 5.69 Å². The third-order valence-corrected chi connectivity index (χ3v) is 4.66. The number of anilines is 1. The summed E-state index contributed by atoms with van der Waals surface area (Å²) in [5.74, 6) is 0.976. The Morgan fingerprint density at radius 1 is 1.08 bits per heavy atom. The van der Waals surface area contributed by atoms with Crippen LogP contribution in [0, 0.1) is 5.92 Å². The highest BCUT2D eigenvalue weighted by Gasteiger charge is 2.40. The molecule has 1 fully saturated rings. The molecule has 25 heavy (non-hydrogen) atoms. The lowest BCUT2D eigenvalue weighted by atomic mass is 9.85. The molecule has 0 unspecified atom stereocenters. The first-order valence-corrected chi connectivity index (χ1v) is 8.45. The van der Waals surface area contributed by atoms with E-state index >= 15 is 0 Å². The van der Waals surface area contributed by atoms with E-state index in [9.17, 15) is 4.79 Å². The minimum atomic E-state index is -0.115. The number of aromatic nitrogens is 2. The summed E-state index contributed by atoms with van der Waals surface area (Å²) in [4.78, 5) is 18.9. The van der Waals surface area contributed by atoms with Crippen LogP contribution in [0.3, 0.4) is 0 Å². The van der Waals surface area contributed by atoms with Crippen LogP contribution in [0.1, 0.15) is 18.5 Å². The van der Waals surface area contributed by atoms with Crippen molar-refractivity contribution >= 4 is 12.0 Å². The van der Waals surface area contributed by atoms with Gasteiger partial charge in [0.2, 0.25) is 5.95 Å². The van der Waals surface area contributed by atoms with Gasteiger partial charge in [-0.1, -0.05) is 55.5 Å². The number of nitrogens with one attached hydrogen (secondary N) is 1. The fraction of sp³-hybridized carbons (Fsp3) is 0.200. The number of nitrogens with zero attached hydrogens (tertiary/aromatic N) is 3. The van der Waals surface area contributed by atoms with Gasteiger partial charge in [-0.05, 0) is 23.6 Å². The number of hydrogen-bond acceptors (Lipinski definition) is 2. The predicted octanol–water partition coefficient (Wildman–Crippen LogP) is 4.10. The Bertz CT molecular complexity index is 860. The minimum Gasteiger partial charge on any atom is -0.317 e. The predicted molar refractivity (Wildman–Crippen MR) is 97.6 cm³/mol. The fourth-order valence-corrected chi connectivity index (χ4v) is 3.42. The summed E-state index contributed by atoms with van der Waals surface area (Å²) in [5, 5.41) is 2.95. The van der Waals surface area contributed by atoms with E-state index in [2.05, 4.69) is 29.4 Å². The zero-order valence-corrected chi connectivity index (χ0v) is 14.0. The van der Waals surface area contributed by atoms with E-state index in [0.717, 1.165) is 12.2 Å². The van der Waals surface area contributed by atoms with Crippen molar-refractivity contribution in [2.45, 2.75) is 13.0 Å². The minimum absolute atomic E-state index is 0.112. The van der Waals surface area contributed by atoms with E-state index in [0.29, 0.717) is 11.9 Å². The van der Waals surface area contributed by atoms with Gasteiger partial charge in [0, 0.05) is 24.6 Å². The molecular weight excluding hydrogens is 312 g/mol. The molecule has 4 rings (SSSR count). The summed E-state index contributed by atoms with van der Waals surface area (Å²) in [7, 11) is 0. The Kier molecular flexibility index (Phi) is 3.98. The third kappa shape index (κ3) is 2.89. The number of amides is 2. The molecule has 1 aromatic heterocycles. The molecule has 0 radical (unpaired) electrons. The van der Waals surface area contributed by atoms with E-state index in [-0.39, 0.29) is 12.1 Å². The zero-order chi connectivity index (χ0) is 17.2. The lowest BCUT2D eigenvalue weighted by Gasteiger charge is -2.46. The summed E-state index contributed by atoms with van der Waals surface area (Å²) < 4.78 is 1.87. The number of imidazole rings is 1. The Hall–Kier alpha value is -3.08. The maximum Gasteiger partial charge on any atom is 0.324 e. The SMILES string of the molecule is C[C@H]1CN(C(=O)Nc2nccn2-c2ccccc2)[C@H]1c1ccccc1. The number of carbonyl (C=O) groups is 1. The van der Waals surface area contributed by atoms with Crippen molar-refractivity contribution in [1.82, 2.24) is 14.5 Å². The zero-order valence-electron chi connectivity index (χ0n) is 14.0. The summed E-state index contributed by atoms with van der Waals surface area (Å²) >= 11 is 0. The second kappa shape index (κ2) is 6.43. The standard InChI is InChI=1S/C20H20N4O/c1-15-14-24(18(15)16-8-4-2-5-9-16)20(25)22-19-21-12-13-23(19)17-10-6-3-7-11-17/h2-13,15,18H,14H2,1H3,(H,21,22,25)/t15-,18+/m0/s1. The van der Waals surface area contributed by atoms with Crippen molar-refractivity contribution in [3.63, 3.8) is 0 Å².